The van der Waals surface area contributed by atoms with Crippen LogP contribution in [-0.2, 0) is 16.1 Å². The second kappa shape index (κ2) is 11.6. The maximum atomic E-state index is 14.2. The molecule has 204 valence electrons. The Labute approximate surface area is 228 Å². The number of methoxy groups -OCH3 is 1. The van der Waals surface area contributed by atoms with Gasteiger partial charge in [-0.25, -0.2) is 4.68 Å². The molecule has 4 rings (SSSR count). The molecule has 1 aromatic heterocycles. The number of hydrogen-bond donors (Lipinski definition) is 1. The van der Waals surface area contributed by atoms with Gasteiger partial charge in [0.1, 0.15) is 18.1 Å². The average molecular weight is 530 g/mol. The van der Waals surface area contributed by atoms with E-state index in [0.717, 1.165) is 11.1 Å². The summed E-state index contributed by atoms with van der Waals surface area (Å²) in [6, 6.07) is 19.3. The van der Waals surface area contributed by atoms with E-state index in [4.69, 9.17) is 9.47 Å². The molecule has 0 spiro atoms. The minimum atomic E-state index is -1.00. The van der Waals surface area contributed by atoms with Gasteiger partial charge in [0.05, 0.1) is 19.2 Å². The molecule has 3 aromatic carbocycles. The lowest BCUT2D eigenvalue weighted by atomic mass is 9.99. The summed E-state index contributed by atoms with van der Waals surface area (Å²) in [6.45, 7) is 9.87. The number of aromatic nitrogens is 3. The summed E-state index contributed by atoms with van der Waals surface area (Å²) in [6.07, 6.45) is 0. The Hall–Kier alpha value is -4.40. The third-order valence-corrected chi connectivity index (χ3v) is 6.16. The minimum absolute atomic E-state index is 0.109. The number of nitrogens with zero attached hydrogens (tertiary/aromatic N) is 4. The lowest BCUT2D eigenvalue weighted by Gasteiger charge is -2.34. The molecule has 4 aromatic rings. The van der Waals surface area contributed by atoms with Crippen LogP contribution in [0.2, 0.25) is 0 Å². The van der Waals surface area contributed by atoms with Gasteiger partial charge in [0.15, 0.2) is 11.5 Å². The third-order valence-electron chi connectivity index (χ3n) is 6.16. The van der Waals surface area contributed by atoms with Gasteiger partial charge in [-0.2, -0.15) is 0 Å². The lowest BCUT2D eigenvalue weighted by molar-refractivity contribution is -0.128. The van der Waals surface area contributed by atoms with Crippen molar-refractivity contribution < 1.29 is 19.1 Å². The highest BCUT2D eigenvalue weighted by atomic mass is 16.5. The van der Waals surface area contributed by atoms with E-state index < -0.39 is 11.6 Å². The van der Waals surface area contributed by atoms with Gasteiger partial charge in [-0.1, -0.05) is 41.6 Å². The van der Waals surface area contributed by atoms with Crippen LogP contribution >= 0.6 is 0 Å². The SMILES string of the molecule is CCOc1ccc([C@H](C(=O)NC(C)(C)C)N(C(=O)Cn2nnc3ccccc32)c2ccccc2C)cc1OC. The number of benzene rings is 3. The fourth-order valence-corrected chi connectivity index (χ4v) is 4.47. The molecule has 9 nitrogen and oxygen atoms in total. The molecule has 0 fully saturated rings. The fourth-order valence-electron chi connectivity index (χ4n) is 4.47. The van der Waals surface area contributed by atoms with E-state index in [1.54, 1.807) is 34.9 Å². The van der Waals surface area contributed by atoms with E-state index >= 15 is 0 Å². The number of amides is 2. The highest BCUT2D eigenvalue weighted by molar-refractivity contribution is 6.02. The van der Waals surface area contributed by atoms with Crippen molar-refractivity contribution in [2.45, 2.75) is 52.7 Å². The molecule has 0 saturated carbocycles. The van der Waals surface area contributed by atoms with Gasteiger partial charge in [0.2, 0.25) is 11.8 Å². The van der Waals surface area contributed by atoms with E-state index in [1.807, 2.05) is 83.1 Å². The first kappa shape index (κ1) is 27.6. The number of aryl methyl sites for hydroxylation is 1. The highest BCUT2D eigenvalue weighted by Gasteiger charge is 2.36. The smallest absolute Gasteiger partial charge is 0.249 e. The summed E-state index contributed by atoms with van der Waals surface area (Å²) in [5, 5.41) is 11.5. The molecule has 0 bridgehead atoms. The van der Waals surface area contributed by atoms with E-state index in [1.165, 1.54) is 0 Å². The van der Waals surface area contributed by atoms with Crippen LogP contribution in [0.1, 0.15) is 44.9 Å². The van der Waals surface area contributed by atoms with Crippen LogP contribution < -0.4 is 19.7 Å². The van der Waals surface area contributed by atoms with Crippen LogP contribution in [0.4, 0.5) is 5.69 Å². The quantitative estimate of drug-likeness (QED) is 0.333. The Morgan fingerprint density at radius 1 is 1.03 bits per heavy atom. The lowest BCUT2D eigenvalue weighted by Crippen LogP contribution is -2.50. The molecular formula is C30H35N5O4. The summed E-state index contributed by atoms with van der Waals surface area (Å²) in [4.78, 5) is 29.8. The van der Waals surface area contributed by atoms with Gasteiger partial charge in [-0.05, 0) is 76.1 Å². The Morgan fingerprint density at radius 2 is 1.74 bits per heavy atom. The first-order valence-corrected chi connectivity index (χ1v) is 12.9. The van der Waals surface area contributed by atoms with Crippen LogP contribution in [0, 0.1) is 6.92 Å². The van der Waals surface area contributed by atoms with Crippen LogP contribution in [-0.4, -0.2) is 46.1 Å². The molecule has 0 radical (unpaired) electrons. The minimum Gasteiger partial charge on any atom is -0.493 e. The van der Waals surface area contributed by atoms with Crippen LogP contribution in [0.5, 0.6) is 11.5 Å². The summed E-state index contributed by atoms with van der Waals surface area (Å²) >= 11 is 0. The second-order valence-corrected chi connectivity index (χ2v) is 10.3. The van der Waals surface area contributed by atoms with Crippen molar-refractivity contribution in [2.24, 2.45) is 0 Å². The molecule has 1 atom stereocenters. The largest absolute Gasteiger partial charge is 0.493 e. The normalized spacial score (nSPS) is 12.2. The van der Waals surface area contributed by atoms with Gasteiger partial charge in [-0.3, -0.25) is 14.5 Å². The molecule has 0 aliphatic heterocycles. The van der Waals surface area contributed by atoms with E-state index in [2.05, 4.69) is 15.6 Å². The van der Waals surface area contributed by atoms with Gasteiger partial charge in [-0.15, -0.1) is 5.10 Å². The highest BCUT2D eigenvalue weighted by Crippen LogP contribution is 2.36. The third kappa shape index (κ3) is 6.19. The summed E-state index contributed by atoms with van der Waals surface area (Å²) in [5.74, 6) is 0.388. The summed E-state index contributed by atoms with van der Waals surface area (Å²) in [5.41, 5.74) is 2.93. The van der Waals surface area contributed by atoms with Gasteiger partial charge >= 0.3 is 0 Å². The number of anilines is 1. The molecule has 0 aliphatic carbocycles. The average Bonchev–Trinajstić information content (AvgIpc) is 3.30. The fraction of sp³-hybridized carbons (Fsp3) is 0.333. The molecule has 1 N–H and O–H groups in total. The first-order valence-electron chi connectivity index (χ1n) is 12.9. The number of fused-ring (bicyclic) bond motifs is 1. The van der Waals surface area contributed by atoms with Crippen LogP contribution in [0.25, 0.3) is 11.0 Å². The van der Waals surface area contributed by atoms with Gasteiger partial charge in [0.25, 0.3) is 0 Å². The summed E-state index contributed by atoms with van der Waals surface area (Å²) < 4.78 is 12.8. The van der Waals surface area contributed by atoms with E-state index in [-0.39, 0.29) is 18.4 Å². The maximum Gasteiger partial charge on any atom is 0.249 e. The van der Waals surface area contributed by atoms with Crippen LogP contribution in [0.15, 0.2) is 66.7 Å². The molecule has 0 saturated heterocycles. The second-order valence-electron chi connectivity index (χ2n) is 10.3. The Morgan fingerprint density at radius 3 is 2.44 bits per heavy atom. The summed E-state index contributed by atoms with van der Waals surface area (Å²) in [7, 11) is 1.55. The number of rotatable bonds is 9. The number of nitrogens with one attached hydrogen (secondary N) is 1. The zero-order chi connectivity index (χ0) is 28.2. The van der Waals surface area contributed by atoms with Crippen molar-refractivity contribution in [2.75, 3.05) is 18.6 Å². The van der Waals surface area contributed by atoms with Gasteiger partial charge in [0, 0.05) is 11.2 Å². The van der Waals surface area contributed by atoms with Crippen molar-refractivity contribution in [3.05, 3.63) is 77.9 Å². The van der Waals surface area contributed by atoms with Crippen molar-refractivity contribution >= 4 is 28.5 Å². The number of ether oxygens (including phenoxy) is 2. The zero-order valence-corrected chi connectivity index (χ0v) is 23.3. The van der Waals surface area contributed by atoms with E-state index in [0.29, 0.717) is 34.9 Å². The molecule has 39 heavy (non-hydrogen) atoms. The Bertz CT molecular complexity index is 1470. The zero-order valence-electron chi connectivity index (χ0n) is 23.3. The molecule has 9 heteroatoms. The number of carbonyl (C=O) groups excluding carboxylic acids is 2. The maximum absolute atomic E-state index is 14.2. The molecule has 0 aliphatic rings. The van der Waals surface area contributed by atoms with E-state index in [9.17, 15) is 9.59 Å². The van der Waals surface area contributed by atoms with Crippen molar-refractivity contribution in [1.82, 2.24) is 20.3 Å². The topological polar surface area (TPSA) is 98.6 Å². The van der Waals surface area contributed by atoms with Crippen molar-refractivity contribution in [1.29, 1.82) is 0 Å². The Kier molecular flexibility index (Phi) is 8.18. The molecule has 2 amide bonds. The standard InChI is InChI=1S/C30H35N5O4/c1-7-39-25-17-16-21(18-26(25)38-6)28(29(37)31-30(3,4)5)35(23-14-10-8-12-20(23)2)27(36)19-34-24-15-11-9-13-22(24)32-33-34/h8-18,28H,7,19H2,1-6H3,(H,31,37)/t28-/m1/s1. The van der Waals surface area contributed by atoms with Gasteiger partial charge < -0.3 is 14.8 Å². The number of hydrogen-bond acceptors (Lipinski definition) is 6. The molecule has 1 heterocycles. The van der Waals surface area contributed by atoms with Crippen LogP contribution in [0.3, 0.4) is 0 Å². The first-order chi connectivity index (χ1) is 18.6. The van der Waals surface area contributed by atoms with Crippen molar-refractivity contribution in [3.8, 4) is 11.5 Å². The molecule has 0 unspecified atom stereocenters. The van der Waals surface area contributed by atoms with Crippen molar-refractivity contribution in [3.63, 3.8) is 0 Å². The number of para-hydroxylation sites is 2. The monoisotopic (exact) mass is 529 g/mol. The predicted molar refractivity (Wildman–Crippen MR) is 151 cm³/mol. The Balaban J connectivity index is 1.87. The predicted octanol–water partition coefficient (Wildman–Crippen LogP) is 4.84. The number of carbonyl (C=O) groups is 2. The molecular weight excluding hydrogens is 494 g/mol.